The summed E-state index contributed by atoms with van der Waals surface area (Å²) in [7, 11) is 0. The molecule has 0 radical (unpaired) electrons. The molecule has 5 rings (SSSR count). The Morgan fingerprint density at radius 3 is 2.85 bits per heavy atom. The summed E-state index contributed by atoms with van der Waals surface area (Å²) in [5.41, 5.74) is 10.8. The van der Waals surface area contributed by atoms with Crippen LogP contribution in [0.15, 0.2) is 59.5 Å². The zero-order valence-corrected chi connectivity index (χ0v) is 19.5. The van der Waals surface area contributed by atoms with Crippen molar-refractivity contribution in [2.75, 3.05) is 30.7 Å². The molecule has 1 aliphatic rings. The molecular formula is C24H26Cl2N6O. The minimum atomic E-state index is -0.0623. The average Bonchev–Trinajstić information content (AvgIpc) is 3.44. The van der Waals surface area contributed by atoms with Crippen molar-refractivity contribution < 1.29 is 0 Å². The van der Waals surface area contributed by atoms with Gasteiger partial charge >= 0.3 is 0 Å². The van der Waals surface area contributed by atoms with Gasteiger partial charge in [0.05, 0.1) is 17.4 Å². The van der Waals surface area contributed by atoms with E-state index in [0.717, 1.165) is 59.3 Å². The molecule has 172 valence electrons. The molecule has 0 bridgehead atoms. The van der Waals surface area contributed by atoms with Gasteiger partial charge in [-0.1, -0.05) is 23.7 Å². The third-order valence-corrected chi connectivity index (χ3v) is 6.23. The van der Waals surface area contributed by atoms with Crippen LogP contribution in [-0.4, -0.2) is 34.4 Å². The molecule has 2 aromatic heterocycles. The molecular weight excluding hydrogens is 459 g/mol. The fourth-order valence-corrected chi connectivity index (χ4v) is 4.50. The lowest BCUT2D eigenvalue weighted by atomic mass is 10.0. The number of anilines is 2. The van der Waals surface area contributed by atoms with Gasteiger partial charge in [0, 0.05) is 29.5 Å². The van der Waals surface area contributed by atoms with Crippen LogP contribution >= 0.6 is 24.0 Å². The minimum absolute atomic E-state index is 0. The Kier molecular flexibility index (Phi) is 6.93. The second-order valence-electron chi connectivity index (χ2n) is 8.31. The number of halogens is 2. The van der Waals surface area contributed by atoms with Crippen LogP contribution in [0.4, 0.5) is 11.5 Å². The van der Waals surface area contributed by atoms with Gasteiger partial charge < -0.3 is 20.9 Å². The van der Waals surface area contributed by atoms with E-state index in [2.05, 4.69) is 26.9 Å². The number of hydrogen-bond donors (Lipinski definition) is 4. The number of rotatable bonds is 6. The molecule has 1 atom stereocenters. The van der Waals surface area contributed by atoms with E-state index in [1.807, 2.05) is 42.6 Å². The van der Waals surface area contributed by atoms with E-state index >= 15 is 0 Å². The van der Waals surface area contributed by atoms with Crippen LogP contribution in [0.5, 0.6) is 0 Å². The van der Waals surface area contributed by atoms with Crippen LogP contribution in [0.2, 0.25) is 5.02 Å². The molecule has 0 spiro atoms. The Hall–Kier alpha value is -3.00. The van der Waals surface area contributed by atoms with Gasteiger partial charge in [0.15, 0.2) is 5.82 Å². The highest BCUT2D eigenvalue weighted by Gasteiger charge is 2.17. The first-order valence-electron chi connectivity index (χ1n) is 10.7. The fourth-order valence-electron chi connectivity index (χ4n) is 4.29. The topological polar surface area (TPSA) is 101 Å². The fraction of sp³-hybridized carbons (Fsp3) is 0.250. The van der Waals surface area contributed by atoms with E-state index in [0.29, 0.717) is 23.3 Å². The summed E-state index contributed by atoms with van der Waals surface area (Å²) in [6.45, 7) is 3.39. The predicted molar refractivity (Wildman–Crippen MR) is 137 cm³/mol. The van der Waals surface area contributed by atoms with E-state index in [1.165, 1.54) is 0 Å². The minimum Gasteiger partial charge on any atom is -0.384 e. The van der Waals surface area contributed by atoms with Crippen molar-refractivity contribution in [3.8, 4) is 11.1 Å². The number of fused-ring (bicyclic) bond motifs is 1. The number of benzene rings is 2. The maximum absolute atomic E-state index is 12.5. The van der Waals surface area contributed by atoms with Crippen LogP contribution in [0.3, 0.4) is 0 Å². The van der Waals surface area contributed by atoms with Gasteiger partial charge in [-0.2, -0.15) is 5.10 Å². The largest absolute Gasteiger partial charge is 0.384 e. The van der Waals surface area contributed by atoms with E-state index in [9.17, 15) is 4.79 Å². The van der Waals surface area contributed by atoms with E-state index in [-0.39, 0.29) is 18.0 Å². The third kappa shape index (κ3) is 5.00. The molecule has 9 heteroatoms. The van der Waals surface area contributed by atoms with Gasteiger partial charge in [-0.15, -0.1) is 12.4 Å². The van der Waals surface area contributed by atoms with Crippen molar-refractivity contribution in [3.63, 3.8) is 0 Å². The highest BCUT2D eigenvalue weighted by molar-refractivity contribution is 6.30. The smallest absolute Gasteiger partial charge is 0.250 e. The van der Waals surface area contributed by atoms with E-state index in [4.69, 9.17) is 17.3 Å². The number of nitrogens with two attached hydrogens (primary N) is 1. The second kappa shape index (κ2) is 9.87. The first kappa shape index (κ1) is 23.2. The number of nitrogens with one attached hydrogen (secondary N) is 3. The average molecular weight is 485 g/mol. The molecule has 0 saturated carbocycles. The summed E-state index contributed by atoms with van der Waals surface area (Å²) in [6.07, 6.45) is 3.04. The number of aromatic nitrogens is 3. The molecule has 33 heavy (non-hydrogen) atoms. The molecule has 1 saturated heterocycles. The lowest BCUT2D eigenvalue weighted by Gasteiger charge is -2.15. The number of nitrogens with zero attached hydrogens (tertiary/aromatic N) is 2. The monoisotopic (exact) mass is 484 g/mol. The first-order chi connectivity index (χ1) is 15.6. The zero-order valence-electron chi connectivity index (χ0n) is 18.0. The lowest BCUT2D eigenvalue weighted by molar-refractivity contribution is 0.616. The molecule has 3 heterocycles. The molecule has 0 amide bonds. The van der Waals surface area contributed by atoms with Crippen molar-refractivity contribution in [1.82, 2.24) is 20.1 Å². The summed E-state index contributed by atoms with van der Waals surface area (Å²) in [6, 6.07) is 15.1. The molecule has 1 fully saturated rings. The quantitative estimate of drug-likeness (QED) is 0.329. The number of pyridine rings is 1. The molecule has 1 unspecified atom stereocenters. The summed E-state index contributed by atoms with van der Waals surface area (Å²) >= 11 is 6.11. The van der Waals surface area contributed by atoms with Gasteiger partial charge in [-0.05, 0) is 72.5 Å². The number of H-pyrrole nitrogens is 1. The van der Waals surface area contributed by atoms with Crippen molar-refractivity contribution in [2.45, 2.75) is 13.0 Å². The van der Waals surface area contributed by atoms with Crippen LogP contribution in [0.25, 0.3) is 22.0 Å². The lowest BCUT2D eigenvalue weighted by Crippen LogP contribution is -2.19. The summed E-state index contributed by atoms with van der Waals surface area (Å²) in [5, 5.41) is 15.8. The number of hydrogen-bond acceptors (Lipinski definition) is 5. The highest BCUT2D eigenvalue weighted by Crippen LogP contribution is 2.33. The van der Waals surface area contributed by atoms with Gasteiger partial charge in [0.2, 0.25) is 0 Å². The van der Waals surface area contributed by atoms with Crippen LogP contribution in [-0.2, 0) is 6.54 Å². The normalized spacial score (nSPS) is 15.5. The van der Waals surface area contributed by atoms with Gasteiger partial charge in [-0.3, -0.25) is 9.89 Å². The van der Waals surface area contributed by atoms with Gasteiger partial charge in [0.1, 0.15) is 0 Å². The SMILES string of the molecule is Cl.Nc1n[nH]c2cc(-c3ccc(=O)n(Cc4cccc(Cl)c4)c3)cc(NCC3CCNC3)c12. The Morgan fingerprint density at radius 2 is 2.06 bits per heavy atom. The summed E-state index contributed by atoms with van der Waals surface area (Å²) in [4.78, 5) is 12.5. The van der Waals surface area contributed by atoms with E-state index in [1.54, 1.807) is 10.6 Å². The zero-order chi connectivity index (χ0) is 22.1. The summed E-state index contributed by atoms with van der Waals surface area (Å²) < 4.78 is 1.70. The highest BCUT2D eigenvalue weighted by atomic mass is 35.5. The first-order valence-corrected chi connectivity index (χ1v) is 11.1. The maximum atomic E-state index is 12.5. The Balaban J connectivity index is 0.00000259. The van der Waals surface area contributed by atoms with Crippen molar-refractivity contribution in [3.05, 3.63) is 75.7 Å². The Bertz CT molecular complexity index is 1330. The maximum Gasteiger partial charge on any atom is 0.250 e. The molecule has 5 N–H and O–H groups in total. The van der Waals surface area contributed by atoms with Crippen molar-refractivity contribution in [1.29, 1.82) is 0 Å². The Morgan fingerprint density at radius 1 is 1.18 bits per heavy atom. The van der Waals surface area contributed by atoms with Crippen LogP contribution in [0.1, 0.15) is 12.0 Å². The third-order valence-electron chi connectivity index (χ3n) is 5.99. The molecule has 7 nitrogen and oxygen atoms in total. The second-order valence-corrected chi connectivity index (χ2v) is 8.75. The molecule has 1 aliphatic heterocycles. The van der Waals surface area contributed by atoms with E-state index < -0.39 is 0 Å². The van der Waals surface area contributed by atoms with Crippen LogP contribution in [0, 0.1) is 5.92 Å². The molecule has 0 aliphatic carbocycles. The van der Waals surface area contributed by atoms with Gasteiger partial charge in [0.25, 0.3) is 5.56 Å². The Labute approximate surface area is 202 Å². The van der Waals surface area contributed by atoms with Gasteiger partial charge in [-0.25, -0.2) is 0 Å². The number of nitrogen functional groups attached to an aromatic ring is 1. The number of aromatic amines is 1. The molecule has 2 aromatic carbocycles. The van der Waals surface area contributed by atoms with Crippen LogP contribution < -0.4 is 21.9 Å². The van der Waals surface area contributed by atoms with Crippen molar-refractivity contribution >= 4 is 46.4 Å². The van der Waals surface area contributed by atoms with Crippen molar-refractivity contribution in [2.24, 2.45) is 5.92 Å². The predicted octanol–water partition coefficient (Wildman–Crippen LogP) is 4.12. The molecule has 4 aromatic rings. The summed E-state index contributed by atoms with van der Waals surface area (Å²) in [5.74, 6) is 1.06. The standard InChI is InChI=1S/C24H25ClN6O.ClH/c25-19-3-1-2-15(8-19)13-31-14-17(4-5-22(31)32)18-9-20(28-12-16-6-7-27-11-16)23-21(10-18)29-30-24(23)26;/h1-5,8-10,14,16,27-28H,6-7,11-13H2,(H3,26,29,30);1H.